The van der Waals surface area contributed by atoms with Crippen LogP contribution in [0.4, 0.5) is 0 Å². The highest BCUT2D eigenvalue weighted by atomic mass is 16.4. The first kappa shape index (κ1) is 10.4. The van der Waals surface area contributed by atoms with Gasteiger partial charge in [0, 0.05) is 12.2 Å². The number of nitrogens with zero attached hydrogens (tertiary/aromatic N) is 1. The van der Waals surface area contributed by atoms with E-state index in [1.54, 1.807) is 6.20 Å². The Labute approximate surface area is 98.4 Å². The van der Waals surface area contributed by atoms with Crippen molar-refractivity contribution < 1.29 is 14.7 Å². The number of hydrogen-bond acceptors (Lipinski definition) is 2. The summed E-state index contributed by atoms with van der Waals surface area (Å²) < 4.78 is 1.85. The zero-order valence-electron chi connectivity index (χ0n) is 9.35. The summed E-state index contributed by atoms with van der Waals surface area (Å²) in [6, 6.07) is 1.91. The lowest BCUT2D eigenvalue weighted by molar-refractivity contribution is 0.0683. The highest BCUT2D eigenvalue weighted by Crippen LogP contribution is 2.34. The molecule has 3 rings (SSSR count). The molecule has 1 aliphatic heterocycles. The van der Waals surface area contributed by atoms with Crippen molar-refractivity contribution in [2.45, 2.75) is 37.8 Å². The zero-order valence-corrected chi connectivity index (χ0v) is 9.35. The molecule has 1 aliphatic carbocycles. The normalized spacial score (nSPS) is 26.9. The number of nitrogens with one attached hydrogen (secondary N) is 1. The van der Waals surface area contributed by atoms with Gasteiger partial charge >= 0.3 is 5.97 Å². The Morgan fingerprint density at radius 1 is 1.41 bits per heavy atom. The third kappa shape index (κ3) is 1.45. The van der Waals surface area contributed by atoms with Gasteiger partial charge in [-0.25, -0.2) is 4.79 Å². The summed E-state index contributed by atoms with van der Waals surface area (Å²) in [5, 5.41) is 12.0. The minimum Gasteiger partial charge on any atom is -0.478 e. The van der Waals surface area contributed by atoms with Gasteiger partial charge in [0.25, 0.3) is 5.91 Å². The zero-order chi connectivity index (χ0) is 12.0. The predicted octanol–water partition coefficient (Wildman–Crippen LogP) is 1.41. The fraction of sp³-hybridized carbons (Fsp3) is 0.500. The molecule has 5 heteroatoms. The molecule has 1 saturated carbocycles. The third-order valence-electron chi connectivity index (χ3n) is 3.76. The van der Waals surface area contributed by atoms with Crippen molar-refractivity contribution in [2.24, 2.45) is 0 Å². The van der Waals surface area contributed by atoms with Gasteiger partial charge in [0.15, 0.2) is 0 Å². The van der Waals surface area contributed by atoms with Crippen LogP contribution in [0.5, 0.6) is 0 Å². The molecule has 2 N–H and O–H groups in total. The van der Waals surface area contributed by atoms with Crippen molar-refractivity contribution in [3.05, 3.63) is 23.5 Å². The summed E-state index contributed by atoms with van der Waals surface area (Å²) in [6.07, 6.45) is 5.99. The van der Waals surface area contributed by atoms with Gasteiger partial charge in [0.1, 0.15) is 5.69 Å². The van der Waals surface area contributed by atoms with Crippen LogP contribution in [0.15, 0.2) is 12.3 Å². The van der Waals surface area contributed by atoms with Crippen molar-refractivity contribution in [1.82, 2.24) is 9.88 Å². The number of hydrogen-bond donors (Lipinski definition) is 2. The quantitative estimate of drug-likeness (QED) is 0.771. The van der Waals surface area contributed by atoms with Gasteiger partial charge in [-0.2, -0.15) is 0 Å². The average molecular weight is 234 g/mol. The van der Waals surface area contributed by atoms with Gasteiger partial charge in [-0.3, -0.25) is 4.79 Å². The number of aromatic carboxylic acids is 1. The minimum absolute atomic E-state index is 0.103. The highest BCUT2D eigenvalue weighted by molar-refractivity contribution is 6.04. The van der Waals surface area contributed by atoms with E-state index in [0.29, 0.717) is 5.69 Å². The molecular formula is C12H14N2O3. The predicted molar refractivity (Wildman–Crippen MR) is 60.2 cm³/mol. The summed E-state index contributed by atoms with van der Waals surface area (Å²) in [5.41, 5.74) is 0.409. The molecule has 0 unspecified atom stereocenters. The Hall–Kier alpha value is -1.78. The van der Waals surface area contributed by atoms with Crippen LogP contribution in [0.25, 0.3) is 0 Å². The van der Waals surface area contributed by atoms with Crippen molar-refractivity contribution in [2.75, 3.05) is 0 Å². The molecule has 1 fully saturated rings. The fourth-order valence-electron chi connectivity index (χ4n) is 2.99. The number of carboxylic acid groups (broad SMARTS) is 1. The molecule has 2 aliphatic rings. The van der Waals surface area contributed by atoms with Crippen molar-refractivity contribution in [1.29, 1.82) is 0 Å². The number of rotatable bonds is 1. The van der Waals surface area contributed by atoms with Crippen LogP contribution >= 0.6 is 0 Å². The van der Waals surface area contributed by atoms with Crippen LogP contribution in [0.3, 0.4) is 0 Å². The SMILES string of the molecule is O=C(O)c1ccn2c1C(=O)N[C@@H]1CCCC[C@H]12. The Balaban J connectivity index is 2.09. The van der Waals surface area contributed by atoms with Gasteiger partial charge in [-0.05, 0) is 18.9 Å². The summed E-state index contributed by atoms with van der Waals surface area (Å²) in [4.78, 5) is 23.0. The van der Waals surface area contributed by atoms with Crippen molar-refractivity contribution in [3.8, 4) is 0 Å². The first-order valence-electron chi connectivity index (χ1n) is 5.93. The first-order chi connectivity index (χ1) is 8.18. The number of carbonyl (C=O) groups is 2. The molecule has 90 valence electrons. The molecule has 2 atom stereocenters. The Kier molecular flexibility index (Phi) is 2.21. The molecule has 0 aromatic carbocycles. The monoisotopic (exact) mass is 234 g/mol. The van der Waals surface area contributed by atoms with E-state index in [-0.39, 0.29) is 23.6 Å². The van der Waals surface area contributed by atoms with Crippen LogP contribution in [0, 0.1) is 0 Å². The number of aromatic nitrogens is 1. The third-order valence-corrected chi connectivity index (χ3v) is 3.76. The smallest absolute Gasteiger partial charge is 0.338 e. The Morgan fingerprint density at radius 3 is 2.94 bits per heavy atom. The molecule has 17 heavy (non-hydrogen) atoms. The molecule has 1 amide bonds. The molecule has 5 nitrogen and oxygen atoms in total. The van der Waals surface area contributed by atoms with Gasteiger partial charge in [0.2, 0.25) is 0 Å². The van der Waals surface area contributed by atoms with E-state index in [4.69, 9.17) is 5.11 Å². The lowest BCUT2D eigenvalue weighted by Gasteiger charge is -2.38. The van der Waals surface area contributed by atoms with Crippen molar-refractivity contribution in [3.63, 3.8) is 0 Å². The Morgan fingerprint density at radius 2 is 2.18 bits per heavy atom. The molecule has 1 aromatic rings. The van der Waals surface area contributed by atoms with Crippen LogP contribution < -0.4 is 5.32 Å². The van der Waals surface area contributed by atoms with E-state index in [9.17, 15) is 9.59 Å². The van der Waals surface area contributed by atoms with Crippen molar-refractivity contribution >= 4 is 11.9 Å². The second-order valence-corrected chi connectivity index (χ2v) is 4.72. The van der Waals surface area contributed by atoms with E-state index in [1.165, 1.54) is 6.07 Å². The van der Waals surface area contributed by atoms with E-state index < -0.39 is 5.97 Å². The second kappa shape index (κ2) is 3.61. The van der Waals surface area contributed by atoms with Gasteiger partial charge in [-0.1, -0.05) is 12.8 Å². The molecule has 2 heterocycles. The van der Waals surface area contributed by atoms with E-state index in [0.717, 1.165) is 25.7 Å². The molecule has 1 aromatic heterocycles. The van der Waals surface area contributed by atoms with E-state index in [1.807, 2.05) is 4.57 Å². The summed E-state index contributed by atoms with van der Waals surface area (Å²) in [5.74, 6) is -1.29. The fourth-order valence-corrected chi connectivity index (χ4v) is 2.99. The van der Waals surface area contributed by atoms with Crippen LogP contribution in [-0.2, 0) is 0 Å². The second-order valence-electron chi connectivity index (χ2n) is 4.72. The molecular weight excluding hydrogens is 220 g/mol. The summed E-state index contributed by atoms with van der Waals surface area (Å²) >= 11 is 0. The molecule has 0 saturated heterocycles. The maximum Gasteiger partial charge on any atom is 0.338 e. The number of fused-ring (bicyclic) bond motifs is 3. The maximum atomic E-state index is 11.9. The average Bonchev–Trinajstić information content (AvgIpc) is 2.74. The maximum absolute atomic E-state index is 11.9. The first-order valence-corrected chi connectivity index (χ1v) is 5.93. The van der Waals surface area contributed by atoms with Crippen LogP contribution in [0.1, 0.15) is 52.6 Å². The summed E-state index contributed by atoms with van der Waals surface area (Å²) in [6.45, 7) is 0. The van der Waals surface area contributed by atoms with Crippen LogP contribution in [0.2, 0.25) is 0 Å². The molecule has 0 radical (unpaired) electrons. The Bertz CT molecular complexity index is 492. The molecule has 0 spiro atoms. The standard InChI is InChI=1S/C12H14N2O3/c15-11-10-7(12(16)17)5-6-14(10)9-4-2-1-3-8(9)13-11/h5-6,8-9H,1-4H2,(H,13,15)(H,16,17)/t8-,9-/m1/s1. The van der Waals surface area contributed by atoms with E-state index in [2.05, 4.69) is 5.32 Å². The number of amides is 1. The number of carbonyl (C=O) groups excluding carboxylic acids is 1. The van der Waals surface area contributed by atoms with E-state index >= 15 is 0 Å². The number of carboxylic acids is 1. The molecule has 0 bridgehead atoms. The largest absolute Gasteiger partial charge is 0.478 e. The van der Waals surface area contributed by atoms with Crippen LogP contribution in [-0.4, -0.2) is 27.6 Å². The lowest BCUT2D eigenvalue weighted by atomic mass is 9.88. The van der Waals surface area contributed by atoms with Gasteiger partial charge < -0.3 is 15.0 Å². The minimum atomic E-state index is -1.04. The van der Waals surface area contributed by atoms with Gasteiger partial charge in [0.05, 0.1) is 11.6 Å². The lowest BCUT2D eigenvalue weighted by Crippen LogP contribution is -2.49. The summed E-state index contributed by atoms with van der Waals surface area (Å²) in [7, 11) is 0. The highest BCUT2D eigenvalue weighted by Gasteiger charge is 2.37. The van der Waals surface area contributed by atoms with Gasteiger partial charge in [-0.15, -0.1) is 0 Å². The topological polar surface area (TPSA) is 71.3 Å².